The zero-order valence-corrected chi connectivity index (χ0v) is 24.9. The number of rotatable bonds is 16. The molecule has 0 aromatic heterocycles. The number of aliphatic hydroxyl groups is 1. The molecule has 0 radical (unpaired) electrons. The molecule has 0 amide bonds. The van der Waals surface area contributed by atoms with Crippen LogP contribution in [0.15, 0.2) is 0 Å². The monoisotopic (exact) mass is 558 g/mol. The summed E-state index contributed by atoms with van der Waals surface area (Å²) < 4.78 is 35.2. The second-order valence-electron chi connectivity index (χ2n) is 11.2. The fourth-order valence-corrected chi connectivity index (χ4v) is 5.37. The molecule has 2 N–H and O–H groups in total. The SMILES string of the molecule is CC[C@@H](OC(=O)C(C)[C@H](CC(C)OC)O[C@H]1CC(C)[C@@H](OC(=O)CCN(CC)CC)C(C)O1)C1OC12NC2O. The Labute approximate surface area is 233 Å². The van der Waals surface area contributed by atoms with Gasteiger partial charge in [0.1, 0.15) is 18.3 Å². The van der Waals surface area contributed by atoms with E-state index in [1.54, 1.807) is 14.0 Å². The Kier molecular flexibility index (Phi) is 11.6. The first-order valence-electron chi connectivity index (χ1n) is 14.6. The van der Waals surface area contributed by atoms with Crippen molar-refractivity contribution < 1.29 is 43.1 Å². The lowest BCUT2D eigenvalue weighted by Crippen LogP contribution is -2.48. The minimum Gasteiger partial charge on any atom is -0.459 e. The van der Waals surface area contributed by atoms with Crippen LogP contribution in [-0.4, -0.2) is 104 Å². The Balaban J connectivity index is 1.55. The first-order chi connectivity index (χ1) is 18.5. The highest BCUT2D eigenvalue weighted by atomic mass is 16.7. The number of carbonyl (C=O) groups is 2. The maximum atomic E-state index is 13.2. The summed E-state index contributed by atoms with van der Waals surface area (Å²) in [6.45, 7) is 16.1. The lowest BCUT2D eigenvalue weighted by atomic mass is 9.93. The van der Waals surface area contributed by atoms with Crippen molar-refractivity contribution >= 4 is 11.9 Å². The van der Waals surface area contributed by atoms with Crippen LogP contribution in [0.4, 0.5) is 0 Å². The molecule has 3 fully saturated rings. The van der Waals surface area contributed by atoms with Gasteiger partial charge < -0.3 is 38.4 Å². The highest BCUT2D eigenvalue weighted by molar-refractivity contribution is 5.73. The molecule has 3 aliphatic rings. The number of esters is 2. The summed E-state index contributed by atoms with van der Waals surface area (Å²) in [7, 11) is 1.62. The number of hydrogen-bond donors (Lipinski definition) is 2. The molecule has 0 aliphatic carbocycles. The normalized spacial score (nSPS) is 34.8. The third-order valence-electron chi connectivity index (χ3n) is 8.35. The molecule has 3 rings (SSSR count). The van der Waals surface area contributed by atoms with E-state index in [4.69, 9.17) is 28.4 Å². The van der Waals surface area contributed by atoms with Gasteiger partial charge in [0, 0.05) is 32.4 Å². The lowest BCUT2D eigenvalue weighted by Gasteiger charge is -2.40. The van der Waals surface area contributed by atoms with Gasteiger partial charge in [-0.2, -0.15) is 0 Å². The Bertz CT molecular complexity index is 800. The molecule has 0 bridgehead atoms. The van der Waals surface area contributed by atoms with Crippen LogP contribution >= 0.6 is 0 Å². The summed E-state index contributed by atoms with van der Waals surface area (Å²) in [5.74, 6) is -1.19. The highest BCUT2D eigenvalue weighted by Gasteiger charge is 2.76. The topological polar surface area (TPSA) is 138 Å². The molecule has 0 aromatic carbocycles. The third kappa shape index (κ3) is 8.12. The van der Waals surface area contributed by atoms with Crippen molar-refractivity contribution in [3.8, 4) is 0 Å². The maximum Gasteiger partial charge on any atom is 0.311 e. The predicted octanol–water partition coefficient (Wildman–Crippen LogP) is 2.19. The number of carbonyl (C=O) groups excluding carboxylic acids is 2. The number of hydrogen-bond acceptors (Lipinski definition) is 11. The fourth-order valence-electron chi connectivity index (χ4n) is 5.37. The van der Waals surface area contributed by atoms with E-state index in [0.717, 1.165) is 13.1 Å². The van der Waals surface area contributed by atoms with Gasteiger partial charge in [-0.05, 0) is 40.3 Å². The van der Waals surface area contributed by atoms with Crippen molar-refractivity contribution in [3.05, 3.63) is 0 Å². The molecule has 39 heavy (non-hydrogen) atoms. The van der Waals surface area contributed by atoms with Gasteiger partial charge in [0.15, 0.2) is 18.2 Å². The Morgan fingerprint density at radius 2 is 1.85 bits per heavy atom. The summed E-state index contributed by atoms with van der Waals surface area (Å²) in [6.07, 6.45) is -1.58. The number of methoxy groups -OCH3 is 1. The summed E-state index contributed by atoms with van der Waals surface area (Å²) in [5, 5.41) is 12.6. The number of ether oxygens (including phenoxy) is 6. The Morgan fingerprint density at radius 1 is 1.18 bits per heavy atom. The molecule has 11 nitrogen and oxygen atoms in total. The molecule has 1 spiro atoms. The minimum atomic E-state index is -0.752. The van der Waals surface area contributed by atoms with Crippen molar-refractivity contribution in [2.24, 2.45) is 11.8 Å². The average Bonchev–Trinajstić information content (AvgIpc) is 3.79. The van der Waals surface area contributed by atoms with E-state index in [0.29, 0.717) is 32.2 Å². The van der Waals surface area contributed by atoms with Gasteiger partial charge in [-0.15, -0.1) is 0 Å². The standard InChI is InChI=1S/C28H50N2O9/c1-9-20(25-28(39-25)27(33)29-28)37-26(32)18(6)21(15-17(5)34-8)36-23-14-16(4)24(19(7)35-23)38-22(31)12-13-30(10-2)11-3/h16-21,23-25,27,29,33H,9-15H2,1-8H3/t16?,17?,18?,19?,20-,21+,23+,24-,25?,27?,28?/m1/s1. The van der Waals surface area contributed by atoms with E-state index in [1.165, 1.54) is 0 Å². The molecule has 3 saturated heterocycles. The number of aliphatic hydroxyl groups excluding tert-OH is 1. The summed E-state index contributed by atoms with van der Waals surface area (Å²) in [6, 6.07) is 0. The van der Waals surface area contributed by atoms with Gasteiger partial charge in [-0.3, -0.25) is 14.9 Å². The van der Waals surface area contributed by atoms with Crippen LogP contribution < -0.4 is 5.32 Å². The van der Waals surface area contributed by atoms with Crippen molar-refractivity contribution in [2.75, 3.05) is 26.7 Å². The zero-order valence-electron chi connectivity index (χ0n) is 24.9. The minimum absolute atomic E-state index is 0.0176. The Morgan fingerprint density at radius 3 is 2.36 bits per heavy atom. The summed E-state index contributed by atoms with van der Waals surface area (Å²) in [4.78, 5) is 27.9. The second-order valence-corrected chi connectivity index (χ2v) is 11.2. The van der Waals surface area contributed by atoms with E-state index in [9.17, 15) is 14.7 Å². The van der Waals surface area contributed by atoms with Crippen LogP contribution in [0.25, 0.3) is 0 Å². The Hall–Kier alpha value is -1.34. The molecule has 11 heteroatoms. The van der Waals surface area contributed by atoms with Gasteiger partial charge >= 0.3 is 11.9 Å². The van der Waals surface area contributed by atoms with Gasteiger partial charge in [0.05, 0.1) is 30.7 Å². The highest BCUT2D eigenvalue weighted by Crippen LogP contribution is 2.49. The van der Waals surface area contributed by atoms with Crippen LogP contribution in [0, 0.1) is 11.8 Å². The largest absolute Gasteiger partial charge is 0.459 e. The predicted molar refractivity (Wildman–Crippen MR) is 142 cm³/mol. The molecular formula is C28H50N2O9. The van der Waals surface area contributed by atoms with Crippen molar-refractivity contribution in [1.82, 2.24) is 10.2 Å². The van der Waals surface area contributed by atoms with Crippen LogP contribution in [0.5, 0.6) is 0 Å². The van der Waals surface area contributed by atoms with Gasteiger partial charge in [-0.1, -0.05) is 27.7 Å². The molecule has 3 aliphatic heterocycles. The van der Waals surface area contributed by atoms with E-state index in [1.807, 2.05) is 27.7 Å². The molecule has 11 atom stereocenters. The first-order valence-corrected chi connectivity index (χ1v) is 14.6. The van der Waals surface area contributed by atoms with E-state index in [-0.39, 0.29) is 36.3 Å². The number of epoxide rings is 1. The average molecular weight is 559 g/mol. The van der Waals surface area contributed by atoms with Crippen LogP contribution in [0.2, 0.25) is 0 Å². The van der Waals surface area contributed by atoms with Crippen molar-refractivity contribution in [2.45, 2.75) is 129 Å². The lowest BCUT2D eigenvalue weighted by molar-refractivity contribution is -0.260. The first kappa shape index (κ1) is 32.2. The van der Waals surface area contributed by atoms with E-state index < -0.39 is 42.3 Å². The summed E-state index contributed by atoms with van der Waals surface area (Å²) >= 11 is 0. The molecule has 3 heterocycles. The van der Waals surface area contributed by atoms with Crippen molar-refractivity contribution in [1.29, 1.82) is 0 Å². The molecule has 7 unspecified atom stereocenters. The van der Waals surface area contributed by atoms with E-state index in [2.05, 4.69) is 24.1 Å². The fraction of sp³-hybridized carbons (Fsp3) is 0.929. The quantitative estimate of drug-likeness (QED) is 0.213. The molecular weight excluding hydrogens is 508 g/mol. The molecule has 0 aromatic rings. The van der Waals surface area contributed by atoms with Crippen LogP contribution in [0.1, 0.15) is 74.1 Å². The summed E-state index contributed by atoms with van der Waals surface area (Å²) in [5.41, 5.74) is -0.752. The van der Waals surface area contributed by atoms with Gasteiger partial charge in [0.25, 0.3) is 0 Å². The van der Waals surface area contributed by atoms with Crippen LogP contribution in [0.3, 0.4) is 0 Å². The number of nitrogens with zero attached hydrogens (tertiary/aromatic N) is 1. The van der Waals surface area contributed by atoms with Crippen molar-refractivity contribution in [3.63, 3.8) is 0 Å². The second kappa shape index (κ2) is 14.0. The maximum absolute atomic E-state index is 13.2. The number of nitrogens with one attached hydrogen (secondary N) is 1. The van der Waals surface area contributed by atoms with Gasteiger partial charge in [0.2, 0.25) is 0 Å². The van der Waals surface area contributed by atoms with Crippen LogP contribution in [-0.2, 0) is 38.0 Å². The third-order valence-corrected chi connectivity index (χ3v) is 8.35. The molecule has 226 valence electrons. The smallest absolute Gasteiger partial charge is 0.311 e. The van der Waals surface area contributed by atoms with E-state index >= 15 is 0 Å². The zero-order chi connectivity index (χ0) is 28.9. The van der Waals surface area contributed by atoms with Gasteiger partial charge in [-0.25, -0.2) is 0 Å². The molecule has 0 saturated carbocycles.